The molecule has 0 atom stereocenters. The van der Waals surface area contributed by atoms with Crippen LogP contribution in [-0.2, 0) is 0 Å². The van der Waals surface area contributed by atoms with Crippen molar-refractivity contribution in [1.82, 2.24) is 15.0 Å². The number of carboxylic acids is 1. The second-order valence-electron chi connectivity index (χ2n) is 3.24. The maximum Gasteiger partial charge on any atom is 0.357 e. The zero-order valence-electron chi connectivity index (χ0n) is 9.17. The molecule has 1 N–H and O–H groups in total. The van der Waals surface area contributed by atoms with E-state index in [1.54, 1.807) is 6.92 Å². The van der Waals surface area contributed by atoms with E-state index in [0.717, 1.165) is 17.5 Å². The van der Waals surface area contributed by atoms with E-state index in [1.807, 2.05) is 6.92 Å². The van der Waals surface area contributed by atoms with Crippen molar-refractivity contribution in [3.8, 4) is 0 Å². The van der Waals surface area contributed by atoms with Gasteiger partial charge < -0.3 is 9.52 Å². The summed E-state index contributed by atoms with van der Waals surface area (Å²) in [5.74, 6) is -0.422. The number of hydrogen-bond acceptors (Lipinski definition) is 6. The second kappa shape index (κ2) is 4.54. The van der Waals surface area contributed by atoms with Crippen molar-refractivity contribution in [3.63, 3.8) is 0 Å². The zero-order valence-corrected chi connectivity index (χ0v) is 9.98. The standard InChI is InChI=1S/C10H9N3O3S/c1-5-6(2)16-10(13-5)17-8-7(9(14)15)11-3-4-12-8/h3-4H,1-2H3,(H,14,15). The molecular formula is C10H9N3O3S. The molecule has 0 amide bonds. The SMILES string of the molecule is Cc1nc(Sc2nccnc2C(=O)O)oc1C. The number of aromatic carboxylic acids is 1. The van der Waals surface area contributed by atoms with Crippen molar-refractivity contribution in [2.24, 2.45) is 0 Å². The van der Waals surface area contributed by atoms with E-state index >= 15 is 0 Å². The maximum atomic E-state index is 10.9. The minimum absolute atomic E-state index is 0.106. The van der Waals surface area contributed by atoms with Crippen molar-refractivity contribution in [1.29, 1.82) is 0 Å². The lowest BCUT2D eigenvalue weighted by atomic mass is 10.4. The van der Waals surface area contributed by atoms with E-state index in [9.17, 15) is 4.79 Å². The molecule has 0 aliphatic rings. The van der Waals surface area contributed by atoms with Crippen LogP contribution in [-0.4, -0.2) is 26.0 Å². The first-order valence-electron chi connectivity index (χ1n) is 4.74. The van der Waals surface area contributed by atoms with Gasteiger partial charge in [0, 0.05) is 12.4 Å². The fourth-order valence-electron chi connectivity index (χ4n) is 1.12. The molecule has 2 aromatic rings. The van der Waals surface area contributed by atoms with Crippen molar-refractivity contribution >= 4 is 17.7 Å². The van der Waals surface area contributed by atoms with Gasteiger partial charge in [-0.2, -0.15) is 0 Å². The van der Waals surface area contributed by atoms with Gasteiger partial charge in [-0.25, -0.2) is 19.7 Å². The van der Waals surface area contributed by atoms with E-state index in [2.05, 4.69) is 15.0 Å². The minimum Gasteiger partial charge on any atom is -0.476 e. The molecule has 2 aromatic heterocycles. The Morgan fingerprint density at radius 3 is 2.65 bits per heavy atom. The third kappa shape index (κ3) is 2.44. The van der Waals surface area contributed by atoms with E-state index in [0.29, 0.717) is 11.0 Å². The highest BCUT2D eigenvalue weighted by molar-refractivity contribution is 7.99. The Morgan fingerprint density at radius 1 is 1.35 bits per heavy atom. The predicted molar refractivity (Wildman–Crippen MR) is 59.1 cm³/mol. The Balaban J connectivity index is 2.33. The third-order valence-electron chi connectivity index (χ3n) is 2.06. The fraction of sp³-hybridized carbons (Fsp3) is 0.200. The molecule has 0 saturated carbocycles. The number of carboxylic acid groups (broad SMARTS) is 1. The van der Waals surface area contributed by atoms with E-state index < -0.39 is 5.97 Å². The quantitative estimate of drug-likeness (QED) is 0.891. The van der Waals surface area contributed by atoms with Crippen LogP contribution in [0.25, 0.3) is 0 Å². The van der Waals surface area contributed by atoms with Gasteiger partial charge in [-0.15, -0.1) is 0 Å². The Bertz CT molecular complexity index is 548. The Kier molecular flexibility index (Phi) is 3.10. The van der Waals surface area contributed by atoms with Crippen LogP contribution in [0.15, 0.2) is 27.1 Å². The van der Waals surface area contributed by atoms with Gasteiger partial charge in [0.15, 0.2) is 5.69 Å². The molecule has 0 bridgehead atoms. The van der Waals surface area contributed by atoms with Gasteiger partial charge in [0.25, 0.3) is 5.22 Å². The van der Waals surface area contributed by atoms with Crippen LogP contribution >= 0.6 is 11.8 Å². The van der Waals surface area contributed by atoms with Crippen LogP contribution in [0, 0.1) is 13.8 Å². The van der Waals surface area contributed by atoms with Gasteiger partial charge in [-0.1, -0.05) is 0 Å². The Morgan fingerprint density at radius 2 is 2.06 bits per heavy atom. The first-order valence-corrected chi connectivity index (χ1v) is 5.55. The monoisotopic (exact) mass is 251 g/mol. The number of oxazole rings is 1. The van der Waals surface area contributed by atoms with Gasteiger partial charge in [-0.3, -0.25) is 0 Å². The summed E-state index contributed by atoms with van der Waals surface area (Å²) in [6.07, 6.45) is 2.76. The normalized spacial score (nSPS) is 10.5. The van der Waals surface area contributed by atoms with Crippen LogP contribution < -0.4 is 0 Å². The summed E-state index contributed by atoms with van der Waals surface area (Å²) < 4.78 is 5.34. The number of rotatable bonds is 3. The minimum atomic E-state index is -1.12. The third-order valence-corrected chi connectivity index (χ3v) is 2.90. The molecule has 0 fully saturated rings. The molecular weight excluding hydrogens is 242 g/mol. The summed E-state index contributed by atoms with van der Waals surface area (Å²) in [6.45, 7) is 3.61. The molecule has 0 aromatic carbocycles. The predicted octanol–water partition coefficient (Wildman–Crippen LogP) is 1.93. The lowest BCUT2D eigenvalue weighted by Crippen LogP contribution is -2.03. The molecule has 0 aliphatic carbocycles. The average Bonchev–Trinajstić information content (AvgIpc) is 2.58. The van der Waals surface area contributed by atoms with Crippen LogP contribution in [0.5, 0.6) is 0 Å². The molecule has 6 nitrogen and oxygen atoms in total. The topological polar surface area (TPSA) is 89.1 Å². The molecule has 2 heterocycles. The molecule has 7 heteroatoms. The van der Waals surface area contributed by atoms with Crippen molar-refractivity contribution < 1.29 is 14.3 Å². The molecule has 88 valence electrons. The summed E-state index contributed by atoms with van der Waals surface area (Å²) in [5.41, 5.74) is 0.666. The largest absolute Gasteiger partial charge is 0.476 e. The van der Waals surface area contributed by atoms with E-state index in [-0.39, 0.29) is 10.7 Å². The van der Waals surface area contributed by atoms with Gasteiger partial charge in [-0.05, 0) is 25.6 Å². The molecule has 0 aliphatic heterocycles. The van der Waals surface area contributed by atoms with Crippen LogP contribution in [0.3, 0.4) is 0 Å². The highest BCUT2D eigenvalue weighted by atomic mass is 32.2. The van der Waals surface area contributed by atoms with Crippen LogP contribution in [0.4, 0.5) is 0 Å². The molecule has 17 heavy (non-hydrogen) atoms. The molecule has 0 spiro atoms. The molecule has 0 unspecified atom stereocenters. The highest BCUT2D eigenvalue weighted by Crippen LogP contribution is 2.28. The smallest absolute Gasteiger partial charge is 0.357 e. The average molecular weight is 251 g/mol. The number of hydrogen-bond donors (Lipinski definition) is 1. The summed E-state index contributed by atoms with van der Waals surface area (Å²) >= 11 is 1.05. The highest BCUT2D eigenvalue weighted by Gasteiger charge is 2.16. The van der Waals surface area contributed by atoms with Crippen molar-refractivity contribution in [2.75, 3.05) is 0 Å². The summed E-state index contributed by atoms with van der Waals surface area (Å²) in [5, 5.41) is 9.57. The summed E-state index contributed by atoms with van der Waals surface area (Å²) in [6, 6.07) is 0. The first kappa shape index (κ1) is 11.6. The lowest BCUT2D eigenvalue weighted by Gasteiger charge is -1.99. The summed E-state index contributed by atoms with van der Waals surface area (Å²) in [4.78, 5) is 22.8. The molecule has 0 saturated heterocycles. The van der Waals surface area contributed by atoms with Gasteiger partial charge in [0.05, 0.1) is 5.69 Å². The lowest BCUT2D eigenvalue weighted by molar-refractivity contribution is 0.0685. The van der Waals surface area contributed by atoms with E-state index in [1.165, 1.54) is 12.4 Å². The number of aryl methyl sites for hydroxylation is 2. The van der Waals surface area contributed by atoms with Gasteiger partial charge >= 0.3 is 5.97 Å². The molecule has 2 rings (SSSR count). The Labute approximate surface area is 101 Å². The number of carbonyl (C=O) groups is 1. The number of nitrogens with zero attached hydrogens (tertiary/aromatic N) is 3. The maximum absolute atomic E-state index is 10.9. The number of aromatic nitrogens is 3. The zero-order chi connectivity index (χ0) is 12.4. The fourth-order valence-corrected chi connectivity index (χ4v) is 1.98. The van der Waals surface area contributed by atoms with Gasteiger partial charge in [0.1, 0.15) is 10.8 Å². The summed E-state index contributed by atoms with van der Waals surface area (Å²) in [7, 11) is 0. The van der Waals surface area contributed by atoms with Gasteiger partial charge in [0.2, 0.25) is 0 Å². The Hall–Kier alpha value is -1.89. The van der Waals surface area contributed by atoms with Crippen LogP contribution in [0.2, 0.25) is 0 Å². The first-order chi connectivity index (χ1) is 8.08. The van der Waals surface area contributed by atoms with Crippen molar-refractivity contribution in [3.05, 3.63) is 29.5 Å². The van der Waals surface area contributed by atoms with Crippen molar-refractivity contribution in [2.45, 2.75) is 24.1 Å². The van der Waals surface area contributed by atoms with Crippen LogP contribution in [0.1, 0.15) is 21.9 Å². The van der Waals surface area contributed by atoms with E-state index in [4.69, 9.17) is 9.52 Å². The second-order valence-corrected chi connectivity index (χ2v) is 4.18. The molecule has 0 radical (unpaired) electrons.